The molecule has 3 nitrogen and oxygen atoms in total. The van der Waals surface area contributed by atoms with Crippen molar-refractivity contribution in [3.05, 3.63) is 71.8 Å². The molecule has 0 bridgehead atoms. The Balaban J connectivity index is 2.51. The molecule has 0 amide bonds. The van der Waals surface area contributed by atoms with E-state index in [4.69, 9.17) is 4.74 Å². The quantitative estimate of drug-likeness (QED) is 0.747. The molecule has 2 aromatic carbocycles. The van der Waals surface area contributed by atoms with E-state index in [0.717, 1.165) is 17.7 Å². The summed E-state index contributed by atoms with van der Waals surface area (Å²) in [6, 6.07) is 20.3. The molecule has 3 heteroatoms. The molecular formula is C21H27NO2. The Labute approximate surface area is 145 Å². The molecule has 0 radical (unpaired) electrons. The van der Waals surface area contributed by atoms with Gasteiger partial charge in [0.1, 0.15) is 5.60 Å². The zero-order chi connectivity index (χ0) is 17.4. The number of hydrogen-bond acceptors (Lipinski definition) is 3. The average molecular weight is 325 g/mol. The SMILES string of the molecule is CCC(=O)O[C@](Cc1ccccc1)(c1ccccc1)[C@@H](C)CNC. The van der Waals surface area contributed by atoms with Crippen LogP contribution in [-0.2, 0) is 21.6 Å². The number of hydrogen-bond donors (Lipinski definition) is 1. The first-order valence-electron chi connectivity index (χ1n) is 8.58. The topological polar surface area (TPSA) is 38.3 Å². The third-order valence-corrected chi connectivity index (χ3v) is 4.46. The molecule has 0 unspecified atom stereocenters. The van der Waals surface area contributed by atoms with E-state index in [9.17, 15) is 4.79 Å². The molecule has 2 rings (SSSR count). The minimum absolute atomic E-state index is 0.126. The first-order valence-corrected chi connectivity index (χ1v) is 8.58. The van der Waals surface area contributed by atoms with Gasteiger partial charge in [0.05, 0.1) is 0 Å². The third-order valence-electron chi connectivity index (χ3n) is 4.46. The molecule has 2 atom stereocenters. The van der Waals surface area contributed by atoms with Crippen LogP contribution in [0.5, 0.6) is 0 Å². The maximum atomic E-state index is 12.3. The normalized spacial score (nSPS) is 14.6. The number of nitrogens with one attached hydrogen (secondary N) is 1. The number of ether oxygens (including phenoxy) is 1. The molecule has 0 saturated carbocycles. The van der Waals surface area contributed by atoms with Crippen LogP contribution >= 0.6 is 0 Å². The van der Waals surface area contributed by atoms with Crippen LogP contribution in [0.4, 0.5) is 0 Å². The summed E-state index contributed by atoms with van der Waals surface area (Å²) >= 11 is 0. The summed E-state index contributed by atoms with van der Waals surface area (Å²) < 4.78 is 6.11. The van der Waals surface area contributed by atoms with Gasteiger partial charge >= 0.3 is 5.97 Å². The summed E-state index contributed by atoms with van der Waals surface area (Å²) in [4.78, 5) is 12.3. The van der Waals surface area contributed by atoms with Crippen LogP contribution in [0, 0.1) is 5.92 Å². The monoisotopic (exact) mass is 325 g/mol. The van der Waals surface area contributed by atoms with Crippen molar-refractivity contribution in [3.8, 4) is 0 Å². The van der Waals surface area contributed by atoms with Gasteiger partial charge in [-0.1, -0.05) is 74.5 Å². The van der Waals surface area contributed by atoms with Crippen molar-refractivity contribution in [1.82, 2.24) is 5.32 Å². The molecule has 0 fully saturated rings. The third kappa shape index (κ3) is 4.24. The van der Waals surface area contributed by atoms with E-state index in [1.165, 1.54) is 0 Å². The molecule has 128 valence electrons. The highest BCUT2D eigenvalue weighted by Gasteiger charge is 2.41. The van der Waals surface area contributed by atoms with Gasteiger partial charge in [-0.05, 0) is 18.2 Å². The minimum atomic E-state index is -0.682. The maximum absolute atomic E-state index is 12.3. The zero-order valence-corrected chi connectivity index (χ0v) is 14.8. The maximum Gasteiger partial charge on any atom is 0.306 e. The van der Waals surface area contributed by atoms with E-state index >= 15 is 0 Å². The van der Waals surface area contributed by atoms with Gasteiger partial charge in [0.15, 0.2) is 0 Å². The fourth-order valence-electron chi connectivity index (χ4n) is 3.12. The molecular weight excluding hydrogens is 298 g/mol. The molecule has 0 heterocycles. The van der Waals surface area contributed by atoms with Crippen molar-refractivity contribution in [1.29, 1.82) is 0 Å². The highest BCUT2D eigenvalue weighted by Crippen LogP contribution is 2.37. The van der Waals surface area contributed by atoms with Crippen molar-refractivity contribution in [2.45, 2.75) is 32.3 Å². The summed E-state index contributed by atoms with van der Waals surface area (Å²) in [5.41, 5.74) is 1.52. The zero-order valence-electron chi connectivity index (χ0n) is 14.8. The Kier molecular flexibility index (Phi) is 6.56. The van der Waals surface area contributed by atoms with E-state index in [1.807, 2.05) is 50.4 Å². The number of carbonyl (C=O) groups is 1. The number of benzene rings is 2. The molecule has 0 aliphatic rings. The van der Waals surface area contributed by atoms with Gasteiger partial charge in [0, 0.05) is 25.3 Å². The van der Waals surface area contributed by atoms with Gasteiger partial charge in [-0.25, -0.2) is 0 Å². The summed E-state index contributed by atoms with van der Waals surface area (Å²) in [5, 5.41) is 3.23. The number of carbonyl (C=O) groups excluding carboxylic acids is 1. The van der Waals surface area contributed by atoms with Crippen molar-refractivity contribution in [2.24, 2.45) is 5.92 Å². The fraction of sp³-hybridized carbons (Fsp3) is 0.381. The Morgan fingerprint density at radius 1 is 1.08 bits per heavy atom. The highest BCUT2D eigenvalue weighted by molar-refractivity contribution is 5.69. The lowest BCUT2D eigenvalue weighted by Crippen LogP contribution is -2.44. The van der Waals surface area contributed by atoms with Gasteiger partial charge < -0.3 is 10.1 Å². The lowest BCUT2D eigenvalue weighted by molar-refractivity contribution is -0.167. The smallest absolute Gasteiger partial charge is 0.306 e. The van der Waals surface area contributed by atoms with Crippen molar-refractivity contribution < 1.29 is 9.53 Å². The lowest BCUT2D eigenvalue weighted by atomic mass is 9.77. The van der Waals surface area contributed by atoms with Crippen LogP contribution in [0.15, 0.2) is 60.7 Å². The standard InChI is InChI=1S/C21H27NO2/c1-4-20(23)24-21(17(2)16-22-3,19-13-9-6-10-14-19)15-18-11-7-5-8-12-18/h5-14,17,22H,4,15-16H2,1-3H3/t17-,21-/m0/s1. The molecule has 0 aliphatic heterocycles. The molecule has 2 aromatic rings. The Hall–Kier alpha value is -2.13. The highest BCUT2D eigenvalue weighted by atomic mass is 16.6. The predicted octanol–water partition coefficient (Wildman–Crippen LogP) is 3.93. The van der Waals surface area contributed by atoms with Gasteiger partial charge in [-0.2, -0.15) is 0 Å². The van der Waals surface area contributed by atoms with Crippen LogP contribution in [0.3, 0.4) is 0 Å². The van der Waals surface area contributed by atoms with Crippen molar-refractivity contribution >= 4 is 5.97 Å². The fourth-order valence-corrected chi connectivity index (χ4v) is 3.12. The van der Waals surface area contributed by atoms with Crippen molar-refractivity contribution in [3.63, 3.8) is 0 Å². The number of rotatable bonds is 8. The lowest BCUT2D eigenvalue weighted by Gasteiger charge is -2.39. The Morgan fingerprint density at radius 3 is 2.21 bits per heavy atom. The van der Waals surface area contributed by atoms with Crippen molar-refractivity contribution in [2.75, 3.05) is 13.6 Å². The van der Waals surface area contributed by atoms with Gasteiger partial charge in [-0.3, -0.25) is 4.79 Å². The second-order valence-corrected chi connectivity index (χ2v) is 6.20. The van der Waals surface area contributed by atoms with Crippen LogP contribution in [-0.4, -0.2) is 19.6 Å². The summed E-state index contributed by atoms with van der Waals surface area (Å²) in [7, 11) is 1.93. The summed E-state index contributed by atoms with van der Waals surface area (Å²) in [5.74, 6) is -0.0432. The Bertz CT molecular complexity index is 627. The summed E-state index contributed by atoms with van der Waals surface area (Å²) in [6.45, 7) is 4.73. The molecule has 0 aliphatic carbocycles. The van der Waals surface area contributed by atoms with E-state index in [0.29, 0.717) is 12.8 Å². The van der Waals surface area contributed by atoms with E-state index in [2.05, 4.69) is 36.5 Å². The first kappa shape index (κ1) is 18.2. The number of esters is 1. The van der Waals surface area contributed by atoms with E-state index in [1.54, 1.807) is 0 Å². The molecule has 24 heavy (non-hydrogen) atoms. The molecule has 0 saturated heterocycles. The minimum Gasteiger partial charge on any atom is -0.453 e. The van der Waals surface area contributed by atoms with Gasteiger partial charge in [-0.15, -0.1) is 0 Å². The molecule has 0 aromatic heterocycles. The first-order chi connectivity index (χ1) is 11.6. The van der Waals surface area contributed by atoms with Crippen LogP contribution < -0.4 is 5.32 Å². The van der Waals surface area contributed by atoms with Gasteiger partial charge in [0.2, 0.25) is 0 Å². The largest absolute Gasteiger partial charge is 0.453 e. The predicted molar refractivity (Wildman–Crippen MR) is 97.7 cm³/mol. The Morgan fingerprint density at radius 2 is 1.67 bits per heavy atom. The van der Waals surface area contributed by atoms with Crippen LogP contribution in [0.2, 0.25) is 0 Å². The second-order valence-electron chi connectivity index (χ2n) is 6.20. The van der Waals surface area contributed by atoms with E-state index < -0.39 is 5.60 Å². The second kappa shape index (κ2) is 8.65. The molecule has 1 N–H and O–H groups in total. The van der Waals surface area contributed by atoms with E-state index in [-0.39, 0.29) is 11.9 Å². The summed E-state index contributed by atoms with van der Waals surface area (Å²) in [6.07, 6.45) is 1.03. The molecule has 0 spiro atoms. The van der Waals surface area contributed by atoms with Gasteiger partial charge in [0.25, 0.3) is 0 Å². The van der Waals surface area contributed by atoms with Crippen LogP contribution in [0.25, 0.3) is 0 Å². The average Bonchev–Trinajstić information content (AvgIpc) is 2.62. The van der Waals surface area contributed by atoms with Crippen LogP contribution in [0.1, 0.15) is 31.4 Å².